The van der Waals surface area contributed by atoms with Gasteiger partial charge in [-0.1, -0.05) is 42.5 Å². The van der Waals surface area contributed by atoms with E-state index in [1.54, 1.807) is 13.3 Å². The molecular formula is C24H24N4O2. The lowest BCUT2D eigenvalue weighted by Crippen LogP contribution is -2.23. The molecule has 0 radical (unpaired) electrons. The van der Waals surface area contributed by atoms with Crippen molar-refractivity contribution in [3.05, 3.63) is 89.9 Å². The van der Waals surface area contributed by atoms with Gasteiger partial charge >= 0.3 is 0 Å². The molecule has 1 N–H and O–H groups in total. The molecule has 0 atom stereocenters. The number of nitrogens with zero attached hydrogens (tertiary/aromatic N) is 3. The number of carbonyl (C=O) groups excluding carboxylic acids is 1. The van der Waals surface area contributed by atoms with Crippen molar-refractivity contribution >= 4 is 17.1 Å². The Morgan fingerprint density at radius 3 is 2.57 bits per heavy atom. The molecule has 4 rings (SSSR count). The smallest absolute Gasteiger partial charge is 0.220 e. The van der Waals surface area contributed by atoms with Gasteiger partial charge in [0.05, 0.1) is 13.7 Å². The van der Waals surface area contributed by atoms with Crippen molar-refractivity contribution < 1.29 is 9.53 Å². The van der Waals surface area contributed by atoms with Crippen LogP contribution in [0.3, 0.4) is 0 Å². The van der Waals surface area contributed by atoms with Gasteiger partial charge in [0.2, 0.25) is 5.91 Å². The Bertz CT molecular complexity index is 1120. The molecule has 4 aromatic rings. The number of pyridine rings is 1. The first-order valence-electron chi connectivity index (χ1n) is 9.96. The van der Waals surface area contributed by atoms with E-state index in [4.69, 9.17) is 9.72 Å². The molecule has 0 aliphatic rings. The van der Waals surface area contributed by atoms with E-state index in [2.05, 4.69) is 14.9 Å². The van der Waals surface area contributed by atoms with Gasteiger partial charge in [-0.2, -0.15) is 0 Å². The Balaban J connectivity index is 1.47. The Morgan fingerprint density at radius 2 is 1.80 bits per heavy atom. The maximum absolute atomic E-state index is 12.4. The highest BCUT2D eigenvalue weighted by Gasteiger charge is 2.14. The number of nitrogens with one attached hydrogen (secondary N) is 1. The number of imidazole rings is 1. The van der Waals surface area contributed by atoms with Crippen LogP contribution in [0.5, 0.6) is 5.75 Å². The van der Waals surface area contributed by atoms with Crippen LogP contribution in [0.25, 0.3) is 11.2 Å². The maximum Gasteiger partial charge on any atom is 0.220 e. The first-order valence-corrected chi connectivity index (χ1v) is 9.96. The first-order chi connectivity index (χ1) is 14.7. The molecule has 2 aromatic heterocycles. The van der Waals surface area contributed by atoms with Crippen molar-refractivity contribution in [2.24, 2.45) is 0 Å². The van der Waals surface area contributed by atoms with Crippen molar-refractivity contribution in [3.63, 3.8) is 0 Å². The van der Waals surface area contributed by atoms with Gasteiger partial charge in [-0.05, 0) is 35.4 Å². The van der Waals surface area contributed by atoms with Gasteiger partial charge < -0.3 is 14.6 Å². The number of carbonyl (C=O) groups is 1. The molecule has 0 saturated carbocycles. The first kappa shape index (κ1) is 19.6. The number of fused-ring (bicyclic) bond motifs is 1. The zero-order valence-corrected chi connectivity index (χ0v) is 16.9. The van der Waals surface area contributed by atoms with Crippen LogP contribution in [-0.4, -0.2) is 27.6 Å². The summed E-state index contributed by atoms with van der Waals surface area (Å²) in [5, 5.41) is 2.98. The van der Waals surface area contributed by atoms with Gasteiger partial charge in [0, 0.05) is 25.6 Å². The highest BCUT2D eigenvalue weighted by atomic mass is 16.5. The van der Waals surface area contributed by atoms with Crippen LogP contribution >= 0.6 is 0 Å². The summed E-state index contributed by atoms with van der Waals surface area (Å²) in [5.74, 6) is 1.69. The molecular weight excluding hydrogens is 376 g/mol. The van der Waals surface area contributed by atoms with E-state index in [0.717, 1.165) is 33.9 Å². The van der Waals surface area contributed by atoms with Crippen LogP contribution in [0.15, 0.2) is 72.9 Å². The SMILES string of the molecule is COc1ccc(Cn2c(CCC(=O)NCc3ccccc3)nc3cccnc32)cc1. The summed E-state index contributed by atoms with van der Waals surface area (Å²) < 4.78 is 7.33. The highest BCUT2D eigenvalue weighted by Crippen LogP contribution is 2.19. The molecule has 1 amide bonds. The van der Waals surface area contributed by atoms with E-state index < -0.39 is 0 Å². The Hall–Kier alpha value is -3.67. The van der Waals surface area contributed by atoms with E-state index in [1.807, 2.05) is 66.7 Å². The topological polar surface area (TPSA) is 69.0 Å². The average Bonchev–Trinajstić information content (AvgIpc) is 3.15. The van der Waals surface area contributed by atoms with Crippen molar-refractivity contribution in [1.82, 2.24) is 19.9 Å². The fourth-order valence-electron chi connectivity index (χ4n) is 3.39. The monoisotopic (exact) mass is 400 g/mol. The number of benzene rings is 2. The van der Waals surface area contributed by atoms with Crippen molar-refractivity contribution in [1.29, 1.82) is 0 Å². The molecule has 0 fully saturated rings. The normalized spacial score (nSPS) is 10.8. The van der Waals surface area contributed by atoms with E-state index in [9.17, 15) is 4.79 Å². The van der Waals surface area contributed by atoms with Crippen LogP contribution in [0.2, 0.25) is 0 Å². The number of ether oxygens (including phenoxy) is 1. The van der Waals surface area contributed by atoms with Gasteiger partial charge in [0.15, 0.2) is 5.65 Å². The molecule has 0 unspecified atom stereocenters. The lowest BCUT2D eigenvalue weighted by Gasteiger charge is -2.10. The molecule has 2 aromatic carbocycles. The predicted molar refractivity (Wildman–Crippen MR) is 116 cm³/mol. The van der Waals surface area contributed by atoms with E-state index in [1.165, 1.54) is 0 Å². The third kappa shape index (κ3) is 4.66. The molecule has 30 heavy (non-hydrogen) atoms. The zero-order valence-electron chi connectivity index (χ0n) is 16.9. The molecule has 0 bridgehead atoms. The lowest BCUT2D eigenvalue weighted by atomic mass is 10.2. The number of rotatable bonds is 8. The Kier molecular flexibility index (Phi) is 6.03. The van der Waals surface area contributed by atoms with Crippen LogP contribution in [0, 0.1) is 0 Å². The molecule has 2 heterocycles. The minimum atomic E-state index is 0.00914. The second kappa shape index (κ2) is 9.22. The molecule has 6 heteroatoms. The average molecular weight is 400 g/mol. The summed E-state index contributed by atoms with van der Waals surface area (Å²) >= 11 is 0. The van der Waals surface area contributed by atoms with E-state index in [0.29, 0.717) is 25.9 Å². The fraction of sp³-hybridized carbons (Fsp3) is 0.208. The number of methoxy groups -OCH3 is 1. The third-order valence-electron chi connectivity index (χ3n) is 4.99. The summed E-state index contributed by atoms with van der Waals surface area (Å²) in [4.78, 5) is 21.6. The minimum absolute atomic E-state index is 0.00914. The second-order valence-electron chi connectivity index (χ2n) is 7.07. The lowest BCUT2D eigenvalue weighted by molar-refractivity contribution is -0.121. The summed E-state index contributed by atoms with van der Waals surface area (Å²) in [7, 11) is 1.66. The predicted octanol–water partition coefficient (Wildman–Crippen LogP) is 3.74. The Morgan fingerprint density at radius 1 is 1.00 bits per heavy atom. The summed E-state index contributed by atoms with van der Waals surface area (Å²) in [6.45, 7) is 1.17. The van der Waals surface area contributed by atoms with Gasteiger partial charge in [-0.25, -0.2) is 9.97 Å². The Labute approximate surface area is 175 Å². The third-order valence-corrected chi connectivity index (χ3v) is 4.99. The summed E-state index contributed by atoms with van der Waals surface area (Å²) in [5.41, 5.74) is 3.87. The van der Waals surface area contributed by atoms with Gasteiger partial charge in [0.1, 0.15) is 17.1 Å². The number of hydrogen-bond acceptors (Lipinski definition) is 4. The number of hydrogen-bond donors (Lipinski definition) is 1. The minimum Gasteiger partial charge on any atom is -0.497 e. The molecule has 0 saturated heterocycles. The largest absolute Gasteiger partial charge is 0.497 e. The van der Waals surface area contributed by atoms with Crippen LogP contribution in [-0.2, 0) is 24.3 Å². The van der Waals surface area contributed by atoms with Crippen LogP contribution in [0.1, 0.15) is 23.4 Å². The molecule has 0 aliphatic heterocycles. The molecule has 0 spiro atoms. The van der Waals surface area contributed by atoms with E-state index >= 15 is 0 Å². The van der Waals surface area contributed by atoms with Crippen molar-refractivity contribution in [2.45, 2.75) is 25.9 Å². The van der Waals surface area contributed by atoms with Gasteiger partial charge in [-0.15, -0.1) is 0 Å². The van der Waals surface area contributed by atoms with Crippen LogP contribution in [0.4, 0.5) is 0 Å². The summed E-state index contributed by atoms with van der Waals surface area (Å²) in [6.07, 6.45) is 2.69. The summed E-state index contributed by atoms with van der Waals surface area (Å²) in [6, 6.07) is 21.7. The quantitative estimate of drug-likeness (QED) is 0.489. The molecule has 0 aliphatic carbocycles. The second-order valence-corrected chi connectivity index (χ2v) is 7.07. The molecule has 152 valence electrons. The number of aryl methyl sites for hydroxylation is 1. The number of amides is 1. The van der Waals surface area contributed by atoms with Gasteiger partial charge in [-0.3, -0.25) is 4.79 Å². The van der Waals surface area contributed by atoms with Gasteiger partial charge in [0.25, 0.3) is 0 Å². The fourth-order valence-corrected chi connectivity index (χ4v) is 3.39. The zero-order chi connectivity index (χ0) is 20.8. The van der Waals surface area contributed by atoms with Crippen LogP contribution < -0.4 is 10.1 Å². The standard InChI is InChI=1S/C24H24N4O2/c1-30-20-11-9-19(10-12-20)17-28-22(27-21-8-5-15-25-24(21)28)13-14-23(29)26-16-18-6-3-2-4-7-18/h2-12,15H,13-14,16-17H2,1H3,(H,26,29). The van der Waals surface area contributed by atoms with E-state index in [-0.39, 0.29) is 5.91 Å². The number of aromatic nitrogens is 3. The molecule has 6 nitrogen and oxygen atoms in total. The van der Waals surface area contributed by atoms with Crippen molar-refractivity contribution in [2.75, 3.05) is 7.11 Å². The maximum atomic E-state index is 12.4. The van der Waals surface area contributed by atoms with Crippen molar-refractivity contribution in [3.8, 4) is 5.75 Å². The highest BCUT2D eigenvalue weighted by molar-refractivity contribution is 5.76.